The fourth-order valence-corrected chi connectivity index (χ4v) is 1.01. The molecule has 14 heavy (non-hydrogen) atoms. The Balaban J connectivity index is 2.99. The summed E-state index contributed by atoms with van der Waals surface area (Å²) < 4.78 is 22.8. The van der Waals surface area contributed by atoms with Gasteiger partial charge in [-0.1, -0.05) is 5.16 Å². The monoisotopic (exact) mass is 201 g/mol. The van der Waals surface area contributed by atoms with E-state index in [1.165, 1.54) is 13.8 Å². The van der Waals surface area contributed by atoms with Crippen molar-refractivity contribution in [2.45, 2.75) is 26.4 Å². The lowest BCUT2D eigenvalue weighted by molar-refractivity contribution is 0.0508. The Morgan fingerprint density at radius 2 is 2.36 bits per heavy atom. The molecule has 0 aliphatic heterocycles. The minimum atomic E-state index is -1.66. The summed E-state index contributed by atoms with van der Waals surface area (Å²) in [5.74, 6) is -0.665. The predicted octanol–water partition coefficient (Wildman–Crippen LogP) is 2.06. The number of esters is 1. The standard InChI is InChI=1S/C9H12FNO3/c1-4-13-8(12)7-6(5-14-11-7)9(2,3)10/h5H,4H2,1-3H3. The van der Waals surface area contributed by atoms with Crippen LogP contribution in [-0.4, -0.2) is 17.7 Å². The van der Waals surface area contributed by atoms with Crippen LogP contribution in [0.1, 0.15) is 36.8 Å². The molecule has 0 aliphatic rings. The molecule has 5 heteroatoms. The van der Waals surface area contributed by atoms with Crippen molar-refractivity contribution < 1.29 is 18.4 Å². The Hall–Kier alpha value is -1.39. The van der Waals surface area contributed by atoms with Crippen molar-refractivity contribution >= 4 is 5.97 Å². The van der Waals surface area contributed by atoms with Gasteiger partial charge in [-0.3, -0.25) is 0 Å². The van der Waals surface area contributed by atoms with E-state index in [2.05, 4.69) is 9.68 Å². The van der Waals surface area contributed by atoms with Crippen molar-refractivity contribution in [1.82, 2.24) is 5.16 Å². The van der Waals surface area contributed by atoms with Crippen molar-refractivity contribution in [2.75, 3.05) is 6.61 Å². The number of nitrogens with zero attached hydrogens (tertiary/aromatic N) is 1. The Bertz CT molecular complexity index is 327. The lowest BCUT2D eigenvalue weighted by Crippen LogP contribution is -2.15. The van der Waals surface area contributed by atoms with Crippen LogP contribution in [0.25, 0.3) is 0 Å². The Morgan fingerprint density at radius 3 is 2.86 bits per heavy atom. The molecule has 0 fully saturated rings. The molecular formula is C9H12FNO3. The number of alkyl halides is 1. The van der Waals surface area contributed by atoms with Gasteiger partial charge >= 0.3 is 5.97 Å². The largest absolute Gasteiger partial charge is 0.461 e. The van der Waals surface area contributed by atoms with Crippen molar-refractivity contribution in [3.8, 4) is 0 Å². The topological polar surface area (TPSA) is 52.3 Å². The fourth-order valence-electron chi connectivity index (χ4n) is 1.01. The second-order valence-electron chi connectivity index (χ2n) is 3.27. The van der Waals surface area contributed by atoms with Crippen molar-refractivity contribution in [1.29, 1.82) is 0 Å². The maximum atomic E-state index is 13.5. The van der Waals surface area contributed by atoms with Crippen LogP contribution in [0.3, 0.4) is 0 Å². The van der Waals surface area contributed by atoms with E-state index in [0.717, 1.165) is 6.26 Å². The molecule has 78 valence electrons. The summed E-state index contributed by atoms with van der Waals surface area (Å²) in [6.45, 7) is 4.53. The molecule has 1 aromatic rings. The van der Waals surface area contributed by atoms with E-state index in [1.54, 1.807) is 6.92 Å². The van der Waals surface area contributed by atoms with E-state index in [0.29, 0.717) is 0 Å². The van der Waals surface area contributed by atoms with Gasteiger partial charge < -0.3 is 9.26 Å². The molecule has 0 saturated carbocycles. The highest BCUT2D eigenvalue weighted by Gasteiger charge is 2.30. The molecule has 4 nitrogen and oxygen atoms in total. The third kappa shape index (κ3) is 2.10. The minimum absolute atomic E-state index is 0.0978. The second-order valence-corrected chi connectivity index (χ2v) is 3.27. The SMILES string of the molecule is CCOC(=O)c1nocc1C(C)(C)F. The first-order valence-electron chi connectivity index (χ1n) is 4.27. The molecule has 1 rings (SSSR count). The first-order valence-corrected chi connectivity index (χ1v) is 4.27. The average Bonchev–Trinajstić information content (AvgIpc) is 2.50. The fraction of sp³-hybridized carbons (Fsp3) is 0.556. The lowest BCUT2D eigenvalue weighted by atomic mass is 10.0. The zero-order valence-corrected chi connectivity index (χ0v) is 8.33. The molecule has 0 saturated heterocycles. The van der Waals surface area contributed by atoms with Gasteiger partial charge in [0, 0.05) is 0 Å². The quantitative estimate of drug-likeness (QED) is 0.702. The van der Waals surface area contributed by atoms with Gasteiger partial charge in [0.05, 0.1) is 12.2 Å². The molecule has 0 spiro atoms. The molecule has 1 heterocycles. The van der Waals surface area contributed by atoms with Gasteiger partial charge in [0.2, 0.25) is 0 Å². The maximum Gasteiger partial charge on any atom is 0.360 e. The van der Waals surface area contributed by atoms with Crippen molar-refractivity contribution in [2.24, 2.45) is 0 Å². The summed E-state index contributed by atoms with van der Waals surface area (Å²) in [5.41, 5.74) is -1.66. The van der Waals surface area contributed by atoms with Gasteiger partial charge in [-0.15, -0.1) is 0 Å². The number of carbonyl (C=O) groups is 1. The summed E-state index contributed by atoms with van der Waals surface area (Å²) in [5, 5.41) is 3.41. The van der Waals surface area contributed by atoms with Crippen LogP contribution < -0.4 is 0 Å². The lowest BCUT2D eigenvalue weighted by Gasteiger charge is -2.11. The third-order valence-electron chi connectivity index (χ3n) is 1.68. The third-order valence-corrected chi connectivity index (χ3v) is 1.68. The van der Waals surface area contributed by atoms with Gasteiger partial charge in [0.25, 0.3) is 0 Å². The van der Waals surface area contributed by atoms with E-state index < -0.39 is 11.6 Å². The Kier molecular flexibility index (Phi) is 2.88. The van der Waals surface area contributed by atoms with Gasteiger partial charge in [-0.2, -0.15) is 0 Å². The number of hydrogen-bond donors (Lipinski definition) is 0. The zero-order valence-electron chi connectivity index (χ0n) is 8.33. The van der Waals surface area contributed by atoms with E-state index in [1.807, 2.05) is 0 Å². The van der Waals surface area contributed by atoms with Crippen LogP contribution in [0.5, 0.6) is 0 Å². The molecule has 0 amide bonds. The predicted molar refractivity (Wildman–Crippen MR) is 46.6 cm³/mol. The smallest absolute Gasteiger partial charge is 0.360 e. The van der Waals surface area contributed by atoms with Crippen LogP contribution >= 0.6 is 0 Å². The van der Waals surface area contributed by atoms with Gasteiger partial charge in [0.15, 0.2) is 5.69 Å². The molecular weight excluding hydrogens is 189 g/mol. The number of carbonyl (C=O) groups excluding carboxylic acids is 1. The van der Waals surface area contributed by atoms with Crippen LogP contribution in [0, 0.1) is 0 Å². The summed E-state index contributed by atoms with van der Waals surface area (Å²) in [4.78, 5) is 11.3. The number of hydrogen-bond acceptors (Lipinski definition) is 4. The first kappa shape index (κ1) is 10.7. The first-order chi connectivity index (χ1) is 6.46. The highest BCUT2D eigenvalue weighted by Crippen LogP contribution is 2.27. The Labute approximate surface area is 81.0 Å². The highest BCUT2D eigenvalue weighted by molar-refractivity contribution is 5.88. The second kappa shape index (κ2) is 3.77. The summed E-state index contributed by atoms with van der Waals surface area (Å²) in [6, 6.07) is 0. The van der Waals surface area contributed by atoms with E-state index in [-0.39, 0.29) is 17.9 Å². The van der Waals surface area contributed by atoms with Gasteiger partial charge in [-0.25, -0.2) is 9.18 Å². The number of aromatic nitrogens is 1. The van der Waals surface area contributed by atoms with E-state index in [4.69, 9.17) is 4.74 Å². The summed E-state index contributed by atoms with van der Waals surface area (Å²) in [7, 11) is 0. The molecule has 0 radical (unpaired) electrons. The van der Waals surface area contributed by atoms with E-state index in [9.17, 15) is 9.18 Å². The molecule has 0 aromatic carbocycles. The highest BCUT2D eigenvalue weighted by atomic mass is 19.1. The molecule has 0 bridgehead atoms. The number of halogens is 1. The summed E-state index contributed by atoms with van der Waals surface area (Å²) in [6.07, 6.45) is 1.12. The minimum Gasteiger partial charge on any atom is -0.461 e. The normalized spacial score (nSPS) is 11.4. The van der Waals surface area contributed by atoms with E-state index >= 15 is 0 Å². The molecule has 0 unspecified atom stereocenters. The summed E-state index contributed by atoms with van der Waals surface area (Å²) >= 11 is 0. The van der Waals surface area contributed by atoms with Crippen LogP contribution in [-0.2, 0) is 10.4 Å². The van der Waals surface area contributed by atoms with Crippen molar-refractivity contribution in [3.05, 3.63) is 17.5 Å². The molecule has 0 aliphatic carbocycles. The molecule has 0 N–H and O–H groups in total. The molecule has 0 atom stereocenters. The molecule has 1 aromatic heterocycles. The Morgan fingerprint density at radius 1 is 1.71 bits per heavy atom. The van der Waals surface area contributed by atoms with Gasteiger partial charge in [-0.05, 0) is 20.8 Å². The van der Waals surface area contributed by atoms with Gasteiger partial charge in [0.1, 0.15) is 11.9 Å². The number of rotatable bonds is 3. The van der Waals surface area contributed by atoms with Crippen LogP contribution in [0.15, 0.2) is 10.8 Å². The maximum absolute atomic E-state index is 13.5. The average molecular weight is 201 g/mol. The number of ether oxygens (including phenoxy) is 1. The van der Waals surface area contributed by atoms with Crippen LogP contribution in [0.4, 0.5) is 4.39 Å². The van der Waals surface area contributed by atoms with Crippen LogP contribution in [0.2, 0.25) is 0 Å². The zero-order chi connectivity index (χ0) is 10.8. The van der Waals surface area contributed by atoms with Crippen molar-refractivity contribution in [3.63, 3.8) is 0 Å².